The van der Waals surface area contributed by atoms with Gasteiger partial charge in [-0.25, -0.2) is 4.39 Å². The molecule has 0 atom stereocenters. The number of ether oxygens (including phenoxy) is 2. The van der Waals surface area contributed by atoms with Crippen LogP contribution in [0, 0.1) is 5.82 Å². The van der Waals surface area contributed by atoms with Crippen LogP contribution in [0.25, 0.3) is 0 Å². The van der Waals surface area contributed by atoms with Crippen molar-refractivity contribution in [1.82, 2.24) is 10.6 Å². The van der Waals surface area contributed by atoms with E-state index in [9.17, 15) is 4.39 Å². The van der Waals surface area contributed by atoms with Crippen LogP contribution < -0.4 is 15.4 Å². The Hall–Kier alpha value is -1.87. The fourth-order valence-electron chi connectivity index (χ4n) is 3.77. The SMILES string of the molecule is CN=C(NCCc1cccc(F)c1)NCC1(c2ccc(OC)cc2)CCOCC1.I. The summed E-state index contributed by atoms with van der Waals surface area (Å²) >= 11 is 0. The number of methoxy groups -OCH3 is 1. The first kappa shape index (κ1) is 24.4. The molecule has 1 fully saturated rings. The highest BCUT2D eigenvalue weighted by Gasteiger charge is 2.34. The summed E-state index contributed by atoms with van der Waals surface area (Å²) in [5.74, 6) is 1.41. The van der Waals surface area contributed by atoms with E-state index < -0.39 is 0 Å². The van der Waals surface area contributed by atoms with Gasteiger partial charge in [-0.1, -0.05) is 24.3 Å². The maximum Gasteiger partial charge on any atom is 0.191 e. The third kappa shape index (κ3) is 6.57. The minimum atomic E-state index is -0.203. The fraction of sp³-hybridized carbons (Fsp3) is 0.435. The molecule has 2 N–H and O–H groups in total. The number of guanidine groups is 1. The Balaban J connectivity index is 0.00000320. The van der Waals surface area contributed by atoms with Crippen molar-refractivity contribution in [2.24, 2.45) is 4.99 Å². The molecule has 2 aromatic carbocycles. The van der Waals surface area contributed by atoms with Gasteiger partial charge in [0.25, 0.3) is 0 Å². The van der Waals surface area contributed by atoms with Crippen LogP contribution >= 0.6 is 24.0 Å². The van der Waals surface area contributed by atoms with E-state index in [0.717, 1.165) is 56.3 Å². The summed E-state index contributed by atoms with van der Waals surface area (Å²) in [5.41, 5.74) is 2.24. The molecule has 5 nitrogen and oxygen atoms in total. The van der Waals surface area contributed by atoms with Crippen molar-refractivity contribution in [2.75, 3.05) is 40.5 Å². The monoisotopic (exact) mass is 527 g/mol. The molecule has 3 rings (SSSR count). The second-order valence-electron chi connectivity index (χ2n) is 7.35. The quantitative estimate of drug-likeness (QED) is 0.326. The van der Waals surface area contributed by atoms with E-state index in [1.807, 2.05) is 18.2 Å². The molecule has 0 saturated carbocycles. The summed E-state index contributed by atoms with van der Waals surface area (Å²) in [6, 6.07) is 15.0. The Morgan fingerprint density at radius 1 is 1.13 bits per heavy atom. The number of benzene rings is 2. The zero-order valence-electron chi connectivity index (χ0n) is 17.6. The van der Waals surface area contributed by atoms with E-state index in [2.05, 4.69) is 27.8 Å². The Labute approximate surface area is 195 Å². The predicted octanol–water partition coefficient (Wildman–Crippen LogP) is 3.91. The summed E-state index contributed by atoms with van der Waals surface area (Å²) in [6.07, 6.45) is 2.63. The van der Waals surface area contributed by atoms with Gasteiger partial charge in [0.1, 0.15) is 11.6 Å². The molecule has 164 valence electrons. The summed E-state index contributed by atoms with van der Waals surface area (Å²) in [6.45, 7) is 2.95. The standard InChI is InChI=1S/C23H30FN3O2.HI/c1-25-22(26-13-10-18-4-3-5-20(24)16-18)27-17-23(11-14-29-15-12-23)19-6-8-21(28-2)9-7-19;/h3-9,16H,10-15,17H2,1-2H3,(H2,25,26,27);1H. The van der Waals surface area contributed by atoms with Crippen LogP contribution in [0.5, 0.6) is 5.75 Å². The van der Waals surface area contributed by atoms with Crippen molar-refractivity contribution < 1.29 is 13.9 Å². The number of hydrogen-bond acceptors (Lipinski definition) is 3. The maximum atomic E-state index is 13.3. The molecule has 0 spiro atoms. The van der Waals surface area contributed by atoms with E-state index in [1.165, 1.54) is 11.6 Å². The molecule has 2 aromatic rings. The first-order valence-electron chi connectivity index (χ1n) is 10.1. The second kappa shape index (κ2) is 12.1. The van der Waals surface area contributed by atoms with Crippen LogP contribution in [0.3, 0.4) is 0 Å². The van der Waals surface area contributed by atoms with Gasteiger partial charge in [-0.3, -0.25) is 4.99 Å². The molecule has 0 aliphatic carbocycles. The van der Waals surface area contributed by atoms with Gasteiger partial charge < -0.3 is 20.1 Å². The van der Waals surface area contributed by atoms with E-state index in [-0.39, 0.29) is 35.2 Å². The lowest BCUT2D eigenvalue weighted by Gasteiger charge is -2.38. The van der Waals surface area contributed by atoms with Gasteiger partial charge in [0.15, 0.2) is 5.96 Å². The largest absolute Gasteiger partial charge is 0.497 e. The van der Waals surface area contributed by atoms with Crippen molar-refractivity contribution in [3.8, 4) is 5.75 Å². The molecule has 0 aromatic heterocycles. The highest BCUT2D eigenvalue weighted by Crippen LogP contribution is 2.35. The maximum absolute atomic E-state index is 13.3. The highest BCUT2D eigenvalue weighted by molar-refractivity contribution is 14.0. The number of nitrogens with one attached hydrogen (secondary N) is 2. The lowest BCUT2D eigenvalue weighted by Crippen LogP contribution is -2.48. The Morgan fingerprint density at radius 2 is 1.87 bits per heavy atom. The Morgan fingerprint density at radius 3 is 2.50 bits per heavy atom. The number of hydrogen-bond donors (Lipinski definition) is 2. The summed E-state index contributed by atoms with van der Waals surface area (Å²) in [4.78, 5) is 4.34. The second-order valence-corrected chi connectivity index (χ2v) is 7.35. The molecular formula is C23H31FIN3O2. The van der Waals surface area contributed by atoms with Crippen LogP contribution in [0.1, 0.15) is 24.0 Å². The highest BCUT2D eigenvalue weighted by atomic mass is 127. The summed E-state index contributed by atoms with van der Waals surface area (Å²) in [7, 11) is 3.45. The fourth-order valence-corrected chi connectivity index (χ4v) is 3.77. The Bertz CT molecular complexity index is 808. The predicted molar refractivity (Wildman–Crippen MR) is 130 cm³/mol. The normalized spacial score (nSPS) is 15.8. The third-order valence-electron chi connectivity index (χ3n) is 5.57. The molecule has 0 radical (unpaired) electrons. The Kier molecular flexibility index (Phi) is 9.84. The lowest BCUT2D eigenvalue weighted by molar-refractivity contribution is 0.0513. The molecule has 0 unspecified atom stereocenters. The van der Waals surface area contributed by atoms with Gasteiger partial charge in [0, 0.05) is 38.8 Å². The van der Waals surface area contributed by atoms with E-state index >= 15 is 0 Å². The molecule has 7 heteroatoms. The van der Waals surface area contributed by atoms with Crippen molar-refractivity contribution in [2.45, 2.75) is 24.7 Å². The zero-order chi connectivity index (χ0) is 20.5. The van der Waals surface area contributed by atoms with Gasteiger partial charge in [0.2, 0.25) is 0 Å². The molecule has 30 heavy (non-hydrogen) atoms. The van der Waals surface area contributed by atoms with Crippen LogP contribution in [-0.2, 0) is 16.6 Å². The van der Waals surface area contributed by atoms with Crippen LogP contribution in [0.2, 0.25) is 0 Å². The number of halogens is 2. The van der Waals surface area contributed by atoms with Crippen molar-refractivity contribution in [1.29, 1.82) is 0 Å². The van der Waals surface area contributed by atoms with Crippen LogP contribution in [-0.4, -0.2) is 46.4 Å². The molecule has 1 saturated heterocycles. The number of aliphatic imine (C=N–C) groups is 1. The lowest BCUT2D eigenvalue weighted by atomic mass is 9.74. The molecule has 1 heterocycles. The van der Waals surface area contributed by atoms with E-state index in [1.54, 1.807) is 26.3 Å². The van der Waals surface area contributed by atoms with Crippen molar-refractivity contribution in [3.63, 3.8) is 0 Å². The number of nitrogens with zero attached hydrogens (tertiary/aromatic N) is 1. The minimum absolute atomic E-state index is 0. The molecule has 0 bridgehead atoms. The van der Waals surface area contributed by atoms with Crippen molar-refractivity contribution in [3.05, 3.63) is 65.5 Å². The van der Waals surface area contributed by atoms with E-state index in [0.29, 0.717) is 6.54 Å². The summed E-state index contributed by atoms with van der Waals surface area (Å²) < 4.78 is 24.2. The van der Waals surface area contributed by atoms with Gasteiger partial charge in [-0.05, 0) is 54.7 Å². The van der Waals surface area contributed by atoms with Crippen LogP contribution in [0.15, 0.2) is 53.5 Å². The smallest absolute Gasteiger partial charge is 0.191 e. The average Bonchev–Trinajstić information content (AvgIpc) is 2.77. The van der Waals surface area contributed by atoms with E-state index in [4.69, 9.17) is 9.47 Å². The first-order chi connectivity index (χ1) is 14.1. The molecule has 1 aliphatic rings. The van der Waals surface area contributed by atoms with Gasteiger partial charge in [-0.2, -0.15) is 0 Å². The molecule has 0 amide bonds. The first-order valence-corrected chi connectivity index (χ1v) is 10.1. The average molecular weight is 527 g/mol. The minimum Gasteiger partial charge on any atom is -0.497 e. The van der Waals surface area contributed by atoms with Gasteiger partial charge in [-0.15, -0.1) is 24.0 Å². The zero-order valence-corrected chi connectivity index (χ0v) is 19.9. The van der Waals surface area contributed by atoms with Gasteiger partial charge in [0.05, 0.1) is 7.11 Å². The van der Waals surface area contributed by atoms with Crippen LogP contribution in [0.4, 0.5) is 4.39 Å². The molecule has 1 aliphatic heterocycles. The topological polar surface area (TPSA) is 54.9 Å². The third-order valence-corrected chi connectivity index (χ3v) is 5.57. The molecular weight excluding hydrogens is 496 g/mol. The van der Waals surface area contributed by atoms with Gasteiger partial charge >= 0.3 is 0 Å². The van der Waals surface area contributed by atoms with Crippen molar-refractivity contribution >= 4 is 29.9 Å². The summed E-state index contributed by atoms with van der Waals surface area (Å²) in [5, 5.41) is 6.81. The number of rotatable bonds is 7.